The molecule has 0 unspecified atom stereocenters. The van der Waals surface area contributed by atoms with Crippen LogP contribution in [-0.4, -0.2) is 20.2 Å². The maximum Gasteiger partial charge on any atom is 0.164 e. The Morgan fingerprint density at radius 1 is 1.28 bits per heavy atom. The van der Waals surface area contributed by atoms with Crippen LogP contribution in [-0.2, 0) is 6.54 Å². The number of aryl methyl sites for hydroxylation is 1. The number of hydrogen-bond acceptors (Lipinski definition) is 4. The zero-order valence-electron chi connectivity index (χ0n) is 10.0. The topological polar surface area (TPSA) is 80.5 Å². The van der Waals surface area contributed by atoms with Crippen molar-refractivity contribution in [1.82, 2.24) is 20.2 Å². The molecule has 0 radical (unpaired) electrons. The Kier molecular flexibility index (Phi) is 2.53. The number of aromatic nitrogens is 4. The quantitative estimate of drug-likeness (QED) is 0.714. The van der Waals surface area contributed by atoms with E-state index >= 15 is 0 Å². The number of benzene rings is 1. The number of nitrogens with two attached hydrogens (primary N) is 1. The Labute approximate surface area is 104 Å². The van der Waals surface area contributed by atoms with Crippen LogP contribution in [0.15, 0.2) is 30.6 Å². The molecule has 0 spiro atoms. The van der Waals surface area contributed by atoms with Gasteiger partial charge in [-0.2, -0.15) is 0 Å². The van der Waals surface area contributed by atoms with Gasteiger partial charge in [0.15, 0.2) is 5.82 Å². The van der Waals surface area contributed by atoms with E-state index < -0.39 is 0 Å². The van der Waals surface area contributed by atoms with Crippen LogP contribution in [0.25, 0.3) is 22.2 Å². The first-order chi connectivity index (χ1) is 8.78. The molecule has 0 aliphatic carbocycles. The fourth-order valence-corrected chi connectivity index (χ4v) is 1.97. The van der Waals surface area contributed by atoms with E-state index in [4.69, 9.17) is 5.73 Å². The molecule has 2 heterocycles. The van der Waals surface area contributed by atoms with Crippen molar-refractivity contribution >= 4 is 10.9 Å². The number of H-pyrrole nitrogens is 1. The molecule has 0 saturated carbocycles. The molecule has 0 bridgehead atoms. The molecule has 18 heavy (non-hydrogen) atoms. The summed E-state index contributed by atoms with van der Waals surface area (Å²) in [6.45, 7) is 2.37. The first kappa shape index (κ1) is 10.9. The maximum atomic E-state index is 5.45. The zero-order chi connectivity index (χ0) is 12.5. The third-order valence-corrected chi connectivity index (χ3v) is 2.90. The average Bonchev–Trinajstić information content (AvgIpc) is 2.81. The van der Waals surface area contributed by atoms with Crippen LogP contribution in [0, 0.1) is 6.92 Å². The number of fused-ring (bicyclic) bond motifs is 1. The van der Waals surface area contributed by atoms with Crippen LogP contribution in [0.5, 0.6) is 0 Å². The van der Waals surface area contributed by atoms with Crippen molar-refractivity contribution in [1.29, 1.82) is 0 Å². The molecule has 3 aromatic rings. The van der Waals surface area contributed by atoms with Gasteiger partial charge >= 0.3 is 0 Å². The minimum absolute atomic E-state index is 0.306. The summed E-state index contributed by atoms with van der Waals surface area (Å²) in [7, 11) is 0. The molecule has 0 fully saturated rings. The Balaban J connectivity index is 2.13. The summed E-state index contributed by atoms with van der Waals surface area (Å²) in [5.74, 6) is 0.550. The molecule has 0 amide bonds. The van der Waals surface area contributed by atoms with E-state index in [2.05, 4.69) is 45.3 Å². The second-order valence-corrected chi connectivity index (χ2v) is 4.22. The predicted octanol–water partition coefficient (Wildman–Crippen LogP) is 1.79. The average molecular weight is 239 g/mol. The highest BCUT2D eigenvalue weighted by atomic mass is 15.2. The van der Waals surface area contributed by atoms with Gasteiger partial charge in [-0.25, -0.2) is 4.98 Å². The second-order valence-electron chi connectivity index (χ2n) is 4.22. The Bertz CT molecular complexity index is 684. The molecule has 5 nitrogen and oxygen atoms in total. The number of rotatable bonds is 2. The van der Waals surface area contributed by atoms with E-state index in [0.29, 0.717) is 12.4 Å². The second kappa shape index (κ2) is 4.19. The highest BCUT2D eigenvalue weighted by Crippen LogP contribution is 2.26. The SMILES string of the molecule is Cc1ccc2c(-c3cnc(CN)nn3)c[nH]c2c1. The van der Waals surface area contributed by atoms with Gasteiger partial charge in [-0.05, 0) is 18.6 Å². The molecule has 1 aromatic carbocycles. The highest BCUT2D eigenvalue weighted by Gasteiger charge is 2.08. The van der Waals surface area contributed by atoms with Gasteiger partial charge in [0.1, 0.15) is 5.69 Å². The summed E-state index contributed by atoms with van der Waals surface area (Å²) < 4.78 is 0. The first-order valence-electron chi connectivity index (χ1n) is 5.74. The summed E-state index contributed by atoms with van der Waals surface area (Å²) in [5.41, 5.74) is 9.53. The monoisotopic (exact) mass is 239 g/mol. The van der Waals surface area contributed by atoms with Crippen LogP contribution >= 0.6 is 0 Å². The summed E-state index contributed by atoms with van der Waals surface area (Å²) in [6.07, 6.45) is 3.63. The summed E-state index contributed by atoms with van der Waals surface area (Å²) in [4.78, 5) is 7.40. The molecule has 5 heteroatoms. The zero-order valence-corrected chi connectivity index (χ0v) is 10.0. The number of hydrogen-bond donors (Lipinski definition) is 2. The molecule has 2 aromatic heterocycles. The number of nitrogens with zero attached hydrogens (tertiary/aromatic N) is 3. The smallest absolute Gasteiger partial charge is 0.164 e. The molecule has 0 saturated heterocycles. The fraction of sp³-hybridized carbons (Fsp3) is 0.154. The van der Waals surface area contributed by atoms with E-state index in [1.807, 2.05) is 6.20 Å². The molecular weight excluding hydrogens is 226 g/mol. The lowest BCUT2D eigenvalue weighted by Gasteiger charge is -1.99. The summed E-state index contributed by atoms with van der Waals surface area (Å²) in [6, 6.07) is 6.26. The van der Waals surface area contributed by atoms with E-state index in [9.17, 15) is 0 Å². The molecule has 90 valence electrons. The van der Waals surface area contributed by atoms with Gasteiger partial charge < -0.3 is 10.7 Å². The maximum absolute atomic E-state index is 5.45. The molecule has 3 N–H and O–H groups in total. The van der Waals surface area contributed by atoms with Crippen molar-refractivity contribution in [2.24, 2.45) is 5.73 Å². The van der Waals surface area contributed by atoms with Crippen molar-refractivity contribution < 1.29 is 0 Å². The molecule has 0 atom stereocenters. The van der Waals surface area contributed by atoms with Gasteiger partial charge in [-0.1, -0.05) is 12.1 Å². The third-order valence-electron chi connectivity index (χ3n) is 2.90. The number of nitrogens with one attached hydrogen (secondary N) is 1. The van der Waals surface area contributed by atoms with Gasteiger partial charge in [0, 0.05) is 22.7 Å². The van der Waals surface area contributed by atoms with E-state index in [-0.39, 0.29) is 0 Å². The fourth-order valence-electron chi connectivity index (χ4n) is 1.97. The molecule has 0 aliphatic rings. The highest BCUT2D eigenvalue weighted by molar-refractivity contribution is 5.94. The minimum Gasteiger partial charge on any atom is -0.360 e. The van der Waals surface area contributed by atoms with E-state index in [0.717, 1.165) is 22.2 Å². The van der Waals surface area contributed by atoms with Crippen molar-refractivity contribution in [3.05, 3.63) is 42.0 Å². The van der Waals surface area contributed by atoms with Gasteiger partial charge in [0.25, 0.3) is 0 Å². The Hall–Kier alpha value is -2.27. The van der Waals surface area contributed by atoms with Gasteiger partial charge in [0.2, 0.25) is 0 Å². The van der Waals surface area contributed by atoms with Crippen molar-refractivity contribution in [2.45, 2.75) is 13.5 Å². The van der Waals surface area contributed by atoms with Gasteiger partial charge in [0.05, 0.1) is 12.7 Å². The van der Waals surface area contributed by atoms with Crippen LogP contribution < -0.4 is 5.73 Å². The van der Waals surface area contributed by atoms with Crippen LogP contribution in [0.1, 0.15) is 11.4 Å². The van der Waals surface area contributed by atoms with Gasteiger partial charge in [-0.3, -0.25) is 0 Å². The predicted molar refractivity (Wildman–Crippen MR) is 69.7 cm³/mol. The summed E-state index contributed by atoms with van der Waals surface area (Å²) >= 11 is 0. The molecule has 3 rings (SSSR count). The van der Waals surface area contributed by atoms with Crippen LogP contribution in [0.4, 0.5) is 0 Å². The number of aromatic amines is 1. The standard InChI is InChI=1S/C13H13N5/c1-8-2-3-9-10(6-15-11(9)4-8)12-7-16-13(5-14)18-17-12/h2-4,6-7,15H,5,14H2,1H3. The Morgan fingerprint density at radius 2 is 2.17 bits per heavy atom. The molecular formula is C13H13N5. The normalized spacial score (nSPS) is 11.0. The third kappa shape index (κ3) is 1.74. The van der Waals surface area contributed by atoms with Crippen molar-refractivity contribution in [2.75, 3.05) is 0 Å². The largest absolute Gasteiger partial charge is 0.360 e. The lowest BCUT2D eigenvalue weighted by molar-refractivity contribution is 0.835. The lowest BCUT2D eigenvalue weighted by atomic mass is 10.1. The lowest BCUT2D eigenvalue weighted by Crippen LogP contribution is -2.04. The van der Waals surface area contributed by atoms with E-state index in [1.54, 1.807) is 6.20 Å². The minimum atomic E-state index is 0.306. The molecule has 0 aliphatic heterocycles. The summed E-state index contributed by atoms with van der Waals surface area (Å²) in [5, 5.41) is 9.25. The van der Waals surface area contributed by atoms with Crippen LogP contribution in [0.3, 0.4) is 0 Å². The van der Waals surface area contributed by atoms with Crippen LogP contribution in [0.2, 0.25) is 0 Å². The Morgan fingerprint density at radius 3 is 2.89 bits per heavy atom. The van der Waals surface area contributed by atoms with Crippen molar-refractivity contribution in [3.8, 4) is 11.3 Å². The van der Waals surface area contributed by atoms with Crippen molar-refractivity contribution in [3.63, 3.8) is 0 Å². The van der Waals surface area contributed by atoms with Gasteiger partial charge in [-0.15, -0.1) is 10.2 Å². The van der Waals surface area contributed by atoms with E-state index in [1.165, 1.54) is 5.56 Å². The first-order valence-corrected chi connectivity index (χ1v) is 5.74.